The van der Waals surface area contributed by atoms with Crippen LogP contribution in [0.25, 0.3) is 0 Å². The zero-order valence-corrected chi connectivity index (χ0v) is 25.9. The van der Waals surface area contributed by atoms with E-state index in [1.807, 2.05) is 63.2 Å². The number of hydrogen-bond donors (Lipinski definition) is 3. The van der Waals surface area contributed by atoms with Gasteiger partial charge in [-0.2, -0.15) is 0 Å². The number of amides is 3. The van der Waals surface area contributed by atoms with Crippen molar-refractivity contribution in [1.29, 1.82) is 0 Å². The standard InChI is InChI=1S/C35H43N3O5/c1-22-14-17-26(20-24(22)3)31(32(40)36-29-13-8-7-10-23(29)2)38(27-11-9-12-27)33(41)30(37-34(42)43-35(4,5)6)21-25-15-18-28(39)19-16-25/h7-8,10,13-20,27,30-31,39H,9,11-12,21H2,1-6H3,(H,36,40)(H,37,42). The van der Waals surface area contributed by atoms with Crippen LogP contribution in [-0.4, -0.2) is 45.6 Å². The van der Waals surface area contributed by atoms with Gasteiger partial charge in [0, 0.05) is 18.2 Å². The van der Waals surface area contributed by atoms with Crippen molar-refractivity contribution in [2.75, 3.05) is 5.32 Å². The van der Waals surface area contributed by atoms with E-state index < -0.39 is 23.8 Å². The fraction of sp³-hybridized carbons (Fsp3) is 0.400. The predicted octanol–water partition coefficient (Wildman–Crippen LogP) is 6.51. The molecule has 0 aliphatic heterocycles. The Morgan fingerprint density at radius 3 is 2.19 bits per heavy atom. The fourth-order valence-corrected chi connectivity index (χ4v) is 5.17. The van der Waals surface area contributed by atoms with E-state index in [2.05, 4.69) is 10.6 Å². The second kappa shape index (κ2) is 13.3. The Labute approximate surface area is 254 Å². The Morgan fingerprint density at radius 2 is 1.60 bits per heavy atom. The summed E-state index contributed by atoms with van der Waals surface area (Å²) in [6.45, 7) is 11.2. The number of para-hydroxylation sites is 1. The number of ether oxygens (including phenoxy) is 1. The number of benzene rings is 3. The lowest BCUT2D eigenvalue weighted by Gasteiger charge is -2.43. The number of anilines is 1. The van der Waals surface area contributed by atoms with Gasteiger partial charge in [0.05, 0.1) is 0 Å². The van der Waals surface area contributed by atoms with Crippen LogP contribution in [0.3, 0.4) is 0 Å². The highest BCUT2D eigenvalue weighted by molar-refractivity contribution is 5.99. The highest BCUT2D eigenvalue weighted by Crippen LogP contribution is 2.35. The van der Waals surface area contributed by atoms with E-state index in [0.717, 1.165) is 41.5 Å². The van der Waals surface area contributed by atoms with Gasteiger partial charge in [-0.1, -0.05) is 48.5 Å². The fourth-order valence-electron chi connectivity index (χ4n) is 5.17. The van der Waals surface area contributed by atoms with Crippen molar-refractivity contribution in [2.24, 2.45) is 0 Å². The molecule has 8 nitrogen and oxygen atoms in total. The summed E-state index contributed by atoms with van der Waals surface area (Å²) in [6, 6.07) is 17.8. The van der Waals surface area contributed by atoms with Gasteiger partial charge in [0.2, 0.25) is 5.91 Å². The summed E-state index contributed by atoms with van der Waals surface area (Å²) in [4.78, 5) is 43.6. The van der Waals surface area contributed by atoms with Crippen LogP contribution in [0, 0.1) is 20.8 Å². The first-order chi connectivity index (χ1) is 20.3. The maximum Gasteiger partial charge on any atom is 0.408 e. The molecule has 2 unspecified atom stereocenters. The lowest BCUT2D eigenvalue weighted by molar-refractivity contribution is -0.145. The van der Waals surface area contributed by atoms with E-state index in [1.165, 1.54) is 0 Å². The third-order valence-electron chi connectivity index (χ3n) is 7.86. The van der Waals surface area contributed by atoms with Gasteiger partial charge in [-0.25, -0.2) is 4.79 Å². The first-order valence-corrected chi connectivity index (χ1v) is 14.9. The molecule has 0 bridgehead atoms. The highest BCUT2D eigenvalue weighted by Gasteiger charge is 2.42. The number of nitrogens with one attached hydrogen (secondary N) is 2. The molecule has 3 aromatic rings. The van der Waals surface area contributed by atoms with Gasteiger partial charge in [-0.15, -0.1) is 0 Å². The molecule has 3 amide bonds. The molecule has 1 saturated carbocycles. The number of aromatic hydroxyl groups is 1. The summed E-state index contributed by atoms with van der Waals surface area (Å²) in [5, 5.41) is 15.7. The van der Waals surface area contributed by atoms with E-state index in [4.69, 9.17) is 4.74 Å². The second-order valence-corrected chi connectivity index (χ2v) is 12.5. The molecular weight excluding hydrogens is 542 g/mol. The molecule has 2 atom stereocenters. The third kappa shape index (κ3) is 8.15. The van der Waals surface area contributed by atoms with Crippen LogP contribution in [0.5, 0.6) is 5.75 Å². The number of hydrogen-bond acceptors (Lipinski definition) is 5. The topological polar surface area (TPSA) is 108 Å². The largest absolute Gasteiger partial charge is 0.508 e. The summed E-state index contributed by atoms with van der Waals surface area (Å²) in [6.07, 6.45) is 1.88. The van der Waals surface area contributed by atoms with Crippen LogP contribution in [0.4, 0.5) is 10.5 Å². The number of carbonyl (C=O) groups excluding carboxylic acids is 3. The van der Waals surface area contributed by atoms with Gasteiger partial charge in [-0.05, 0) is 107 Å². The van der Waals surface area contributed by atoms with Crippen molar-refractivity contribution in [3.05, 3.63) is 94.5 Å². The van der Waals surface area contributed by atoms with Crippen LogP contribution < -0.4 is 10.6 Å². The number of nitrogens with zero attached hydrogens (tertiary/aromatic N) is 1. The molecular formula is C35H43N3O5. The molecule has 3 N–H and O–H groups in total. The summed E-state index contributed by atoms with van der Waals surface area (Å²) < 4.78 is 5.53. The number of rotatable bonds is 9. The maximum absolute atomic E-state index is 14.7. The maximum atomic E-state index is 14.7. The average Bonchev–Trinajstić information content (AvgIpc) is 2.90. The minimum Gasteiger partial charge on any atom is -0.508 e. The first-order valence-electron chi connectivity index (χ1n) is 14.9. The summed E-state index contributed by atoms with van der Waals surface area (Å²) in [5.41, 5.74) is 4.37. The quantitative estimate of drug-likeness (QED) is 0.265. The minimum atomic E-state index is -1.01. The van der Waals surface area contributed by atoms with Crippen molar-refractivity contribution in [3.63, 3.8) is 0 Å². The molecule has 4 rings (SSSR count). The van der Waals surface area contributed by atoms with Crippen molar-refractivity contribution < 1.29 is 24.2 Å². The lowest BCUT2D eigenvalue weighted by atomic mass is 9.87. The Bertz CT molecular complexity index is 1460. The monoisotopic (exact) mass is 585 g/mol. The predicted molar refractivity (Wildman–Crippen MR) is 168 cm³/mol. The van der Waals surface area contributed by atoms with Crippen LogP contribution in [-0.2, 0) is 20.7 Å². The van der Waals surface area contributed by atoms with Gasteiger partial charge in [0.25, 0.3) is 5.91 Å². The van der Waals surface area contributed by atoms with Crippen molar-refractivity contribution in [3.8, 4) is 5.75 Å². The van der Waals surface area contributed by atoms with Crippen molar-refractivity contribution in [2.45, 2.75) is 91.0 Å². The molecule has 0 heterocycles. The van der Waals surface area contributed by atoms with E-state index >= 15 is 0 Å². The molecule has 1 aliphatic rings. The summed E-state index contributed by atoms with van der Waals surface area (Å²) in [7, 11) is 0. The van der Waals surface area contributed by atoms with Crippen LogP contribution in [0.1, 0.15) is 73.9 Å². The van der Waals surface area contributed by atoms with E-state index in [0.29, 0.717) is 11.3 Å². The van der Waals surface area contributed by atoms with E-state index in [1.54, 1.807) is 49.9 Å². The Morgan fingerprint density at radius 1 is 0.930 bits per heavy atom. The molecule has 0 spiro atoms. The number of aryl methyl sites for hydroxylation is 3. The molecule has 0 aromatic heterocycles. The van der Waals surface area contributed by atoms with Gasteiger partial charge in [0.1, 0.15) is 23.4 Å². The van der Waals surface area contributed by atoms with Crippen molar-refractivity contribution >= 4 is 23.6 Å². The normalized spacial score (nSPS) is 14.7. The summed E-state index contributed by atoms with van der Waals surface area (Å²) in [5.74, 6) is -0.587. The Kier molecular flexibility index (Phi) is 9.79. The Hall–Kier alpha value is -4.33. The molecule has 3 aromatic carbocycles. The number of phenolic OH excluding ortho intramolecular Hbond substituents is 1. The molecule has 228 valence electrons. The second-order valence-electron chi connectivity index (χ2n) is 12.5. The number of carbonyl (C=O) groups is 3. The zero-order valence-electron chi connectivity index (χ0n) is 25.9. The molecule has 1 aliphatic carbocycles. The van der Waals surface area contributed by atoms with Crippen LogP contribution >= 0.6 is 0 Å². The van der Waals surface area contributed by atoms with Crippen LogP contribution in [0.15, 0.2) is 66.7 Å². The van der Waals surface area contributed by atoms with Crippen LogP contribution in [0.2, 0.25) is 0 Å². The van der Waals surface area contributed by atoms with Crippen molar-refractivity contribution in [1.82, 2.24) is 10.2 Å². The summed E-state index contributed by atoms with van der Waals surface area (Å²) >= 11 is 0. The van der Waals surface area contributed by atoms with E-state index in [-0.39, 0.29) is 30.0 Å². The third-order valence-corrected chi connectivity index (χ3v) is 7.86. The highest BCUT2D eigenvalue weighted by atomic mass is 16.6. The molecule has 43 heavy (non-hydrogen) atoms. The lowest BCUT2D eigenvalue weighted by Crippen LogP contribution is -2.57. The first kappa shape index (κ1) is 31.6. The zero-order chi connectivity index (χ0) is 31.3. The molecule has 0 radical (unpaired) electrons. The van der Waals surface area contributed by atoms with Gasteiger partial charge < -0.3 is 25.4 Å². The molecule has 1 fully saturated rings. The van der Waals surface area contributed by atoms with E-state index in [9.17, 15) is 19.5 Å². The number of phenols is 1. The minimum absolute atomic E-state index is 0.102. The van der Waals surface area contributed by atoms with Gasteiger partial charge >= 0.3 is 6.09 Å². The molecule has 8 heteroatoms. The van der Waals surface area contributed by atoms with Gasteiger partial charge in [0.15, 0.2) is 0 Å². The number of alkyl carbamates (subject to hydrolysis) is 1. The Balaban J connectivity index is 1.77. The van der Waals surface area contributed by atoms with Gasteiger partial charge in [-0.3, -0.25) is 9.59 Å². The SMILES string of the molecule is Cc1ccc(C(C(=O)Nc2ccccc2C)N(C(=O)C(Cc2ccc(O)cc2)NC(=O)OC(C)(C)C)C2CCC2)cc1C. The average molecular weight is 586 g/mol. The molecule has 0 saturated heterocycles. The smallest absolute Gasteiger partial charge is 0.408 e.